The van der Waals surface area contributed by atoms with Crippen LogP contribution in [0.1, 0.15) is 36.2 Å². The van der Waals surface area contributed by atoms with Crippen LogP contribution >= 0.6 is 0 Å². The first kappa shape index (κ1) is 16.3. The maximum atomic E-state index is 4.78. The van der Waals surface area contributed by atoms with E-state index in [1.54, 1.807) is 0 Å². The third-order valence-electron chi connectivity index (χ3n) is 4.36. The number of anilines is 1. The molecule has 0 aliphatic carbocycles. The van der Waals surface area contributed by atoms with Crippen molar-refractivity contribution in [1.82, 2.24) is 9.78 Å². The van der Waals surface area contributed by atoms with E-state index >= 15 is 0 Å². The highest BCUT2D eigenvalue weighted by atomic mass is 15.3. The van der Waals surface area contributed by atoms with Crippen LogP contribution < -0.4 is 5.32 Å². The average Bonchev–Trinajstić information content (AvgIpc) is 3.03. The van der Waals surface area contributed by atoms with Gasteiger partial charge in [0, 0.05) is 11.9 Å². The minimum atomic E-state index is -0.259. The Balaban J connectivity index is 1.90. The van der Waals surface area contributed by atoms with Gasteiger partial charge in [0.2, 0.25) is 0 Å². The predicted molar refractivity (Wildman–Crippen MR) is 101 cm³/mol. The Kier molecular flexibility index (Phi) is 4.18. The molecule has 1 heterocycles. The van der Waals surface area contributed by atoms with Crippen molar-refractivity contribution in [3.63, 3.8) is 0 Å². The first-order valence-electron chi connectivity index (χ1n) is 8.34. The molecular weight excluding hydrogens is 294 g/mol. The maximum Gasteiger partial charge on any atom is 0.0877 e. The Morgan fingerprint density at radius 2 is 1.54 bits per heavy atom. The fourth-order valence-corrected chi connectivity index (χ4v) is 3.14. The third kappa shape index (κ3) is 3.21. The molecule has 3 nitrogen and oxygen atoms in total. The fraction of sp³-hybridized carbons (Fsp3) is 0.286. The second kappa shape index (κ2) is 6.16. The quantitative estimate of drug-likeness (QED) is 0.721. The molecular formula is C21H25N3. The van der Waals surface area contributed by atoms with Gasteiger partial charge in [-0.05, 0) is 63.9 Å². The number of aryl methyl sites for hydroxylation is 3. The highest BCUT2D eigenvalue weighted by molar-refractivity contribution is 5.60. The van der Waals surface area contributed by atoms with Crippen LogP contribution in [0.5, 0.6) is 0 Å². The summed E-state index contributed by atoms with van der Waals surface area (Å²) in [4.78, 5) is 0. The standard InChI is InChI=1S/C21H25N3/c1-15-13-16(2)20(17(3)14-15)22-21(4,5)19-11-12-24(23-19)18-9-7-6-8-10-18/h6-14,22H,1-5H3. The van der Waals surface area contributed by atoms with Gasteiger partial charge in [-0.25, -0.2) is 4.68 Å². The highest BCUT2D eigenvalue weighted by Crippen LogP contribution is 2.30. The molecule has 0 atom stereocenters. The van der Waals surface area contributed by atoms with Crippen molar-refractivity contribution in [2.75, 3.05) is 5.32 Å². The van der Waals surface area contributed by atoms with Gasteiger partial charge in [0.25, 0.3) is 0 Å². The third-order valence-corrected chi connectivity index (χ3v) is 4.36. The molecule has 3 aromatic rings. The van der Waals surface area contributed by atoms with Gasteiger partial charge < -0.3 is 5.32 Å². The molecule has 24 heavy (non-hydrogen) atoms. The van der Waals surface area contributed by atoms with E-state index in [1.165, 1.54) is 22.4 Å². The zero-order valence-corrected chi connectivity index (χ0v) is 15.1. The van der Waals surface area contributed by atoms with E-state index in [0.717, 1.165) is 11.4 Å². The molecule has 124 valence electrons. The Morgan fingerprint density at radius 3 is 2.17 bits per heavy atom. The van der Waals surface area contributed by atoms with Crippen LogP contribution in [-0.2, 0) is 5.54 Å². The van der Waals surface area contributed by atoms with Crippen LogP contribution in [0, 0.1) is 20.8 Å². The molecule has 1 aromatic heterocycles. The predicted octanol–water partition coefficient (Wildman–Crippen LogP) is 5.14. The summed E-state index contributed by atoms with van der Waals surface area (Å²) in [7, 11) is 0. The van der Waals surface area contributed by atoms with Crippen LogP contribution in [0.3, 0.4) is 0 Å². The largest absolute Gasteiger partial charge is 0.374 e. The van der Waals surface area contributed by atoms with Gasteiger partial charge in [-0.1, -0.05) is 35.9 Å². The van der Waals surface area contributed by atoms with E-state index in [9.17, 15) is 0 Å². The molecule has 0 unspecified atom stereocenters. The molecule has 0 aliphatic rings. The van der Waals surface area contributed by atoms with E-state index in [0.29, 0.717) is 0 Å². The summed E-state index contributed by atoms with van der Waals surface area (Å²) in [6, 6.07) is 16.7. The van der Waals surface area contributed by atoms with Crippen molar-refractivity contribution in [2.24, 2.45) is 0 Å². The lowest BCUT2D eigenvalue weighted by Crippen LogP contribution is -2.29. The summed E-state index contributed by atoms with van der Waals surface area (Å²) in [6.07, 6.45) is 2.02. The Hall–Kier alpha value is -2.55. The molecule has 0 saturated carbocycles. The van der Waals surface area contributed by atoms with Gasteiger partial charge in [-0.3, -0.25) is 0 Å². The van der Waals surface area contributed by atoms with Crippen molar-refractivity contribution >= 4 is 5.69 Å². The number of hydrogen-bond donors (Lipinski definition) is 1. The fourth-order valence-electron chi connectivity index (χ4n) is 3.14. The van der Waals surface area contributed by atoms with Gasteiger partial charge in [-0.2, -0.15) is 5.10 Å². The maximum absolute atomic E-state index is 4.78. The Labute approximate surface area is 144 Å². The van der Waals surface area contributed by atoms with Gasteiger partial charge in [0.05, 0.1) is 16.9 Å². The van der Waals surface area contributed by atoms with Crippen LogP contribution in [0.15, 0.2) is 54.7 Å². The van der Waals surface area contributed by atoms with E-state index in [1.807, 2.05) is 29.1 Å². The zero-order valence-electron chi connectivity index (χ0n) is 15.1. The number of para-hydroxylation sites is 1. The van der Waals surface area contributed by atoms with Crippen LogP contribution in [0.4, 0.5) is 5.69 Å². The van der Waals surface area contributed by atoms with Gasteiger partial charge >= 0.3 is 0 Å². The number of hydrogen-bond acceptors (Lipinski definition) is 2. The monoisotopic (exact) mass is 319 g/mol. The summed E-state index contributed by atoms with van der Waals surface area (Å²) in [5.41, 5.74) is 6.85. The average molecular weight is 319 g/mol. The van der Waals surface area contributed by atoms with Crippen molar-refractivity contribution in [3.8, 4) is 5.69 Å². The first-order valence-corrected chi connectivity index (χ1v) is 8.34. The zero-order chi connectivity index (χ0) is 17.3. The lowest BCUT2D eigenvalue weighted by Gasteiger charge is -2.28. The van der Waals surface area contributed by atoms with Crippen molar-refractivity contribution in [3.05, 3.63) is 77.1 Å². The molecule has 0 spiro atoms. The topological polar surface area (TPSA) is 29.9 Å². The van der Waals surface area contributed by atoms with E-state index < -0.39 is 0 Å². The van der Waals surface area contributed by atoms with Crippen LogP contribution in [0.2, 0.25) is 0 Å². The molecule has 0 amide bonds. The van der Waals surface area contributed by atoms with Gasteiger partial charge in [0.15, 0.2) is 0 Å². The van der Waals surface area contributed by atoms with Crippen LogP contribution in [0.25, 0.3) is 5.69 Å². The summed E-state index contributed by atoms with van der Waals surface area (Å²) in [6.45, 7) is 10.8. The molecule has 0 bridgehead atoms. The summed E-state index contributed by atoms with van der Waals surface area (Å²) in [5, 5.41) is 8.47. The van der Waals surface area contributed by atoms with E-state index in [-0.39, 0.29) is 5.54 Å². The molecule has 1 N–H and O–H groups in total. The Bertz CT molecular complexity index is 822. The second-order valence-corrected chi connectivity index (χ2v) is 7.00. The minimum absolute atomic E-state index is 0.259. The molecule has 0 saturated heterocycles. The molecule has 3 heteroatoms. The number of benzene rings is 2. The molecule has 0 aliphatic heterocycles. The highest BCUT2D eigenvalue weighted by Gasteiger charge is 2.24. The number of nitrogens with one attached hydrogen (secondary N) is 1. The smallest absolute Gasteiger partial charge is 0.0877 e. The van der Waals surface area contributed by atoms with E-state index in [2.05, 4.69) is 70.3 Å². The first-order chi connectivity index (χ1) is 11.4. The number of rotatable bonds is 4. The normalized spacial score (nSPS) is 11.5. The molecule has 0 radical (unpaired) electrons. The van der Waals surface area contributed by atoms with Gasteiger partial charge in [-0.15, -0.1) is 0 Å². The van der Waals surface area contributed by atoms with Crippen molar-refractivity contribution < 1.29 is 0 Å². The molecule has 2 aromatic carbocycles. The lowest BCUT2D eigenvalue weighted by atomic mass is 9.97. The summed E-state index contributed by atoms with van der Waals surface area (Å²) >= 11 is 0. The SMILES string of the molecule is Cc1cc(C)c(NC(C)(C)c2ccn(-c3ccccc3)n2)c(C)c1. The minimum Gasteiger partial charge on any atom is -0.374 e. The van der Waals surface area contributed by atoms with E-state index in [4.69, 9.17) is 5.10 Å². The van der Waals surface area contributed by atoms with Crippen LogP contribution in [-0.4, -0.2) is 9.78 Å². The Morgan fingerprint density at radius 1 is 0.917 bits per heavy atom. The number of nitrogens with zero attached hydrogens (tertiary/aromatic N) is 2. The lowest BCUT2D eigenvalue weighted by molar-refractivity contribution is 0.576. The molecule has 3 rings (SSSR count). The van der Waals surface area contributed by atoms with Crippen molar-refractivity contribution in [1.29, 1.82) is 0 Å². The number of aromatic nitrogens is 2. The summed E-state index contributed by atoms with van der Waals surface area (Å²) in [5.74, 6) is 0. The summed E-state index contributed by atoms with van der Waals surface area (Å²) < 4.78 is 1.92. The molecule has 0 fully saturated rings. The van der Waals surface area contributed by atoms with Gasteiger partial charge in [0.1, 0.15) is 0 Å². The second-order valence-electron chi connectivity index (χ2n) is 7.00. The van der Waals surface area contributed by atoms with Crippen molar-refractivity contribution in [2.45, 2.75) is 40.2 Å².